The lowest BCUT2D eigenvalue weighted by atomic mass is 10.3. The van der Waals surface area contributed by atoms with Crippen LogP contribution in [0, 0.1) is 0 Å². The third-order valence-electron chi connectivity index (χ3n) is 4.41. The van der Waals surface area contributed by atoms with Crippen LogP contribution in [0.3, 0.4) is 0 Å². The number of hydrogen-bond acceptors (Lipinski definition) is 7. The van der Waals surface area contributed by atoms with E-state index in [1.807, 2.05) is 0 Å². The van der Waals surface area contributed by atoms with E-state index in [1.165, 1.54) is 83.6 Å². The van der Waals surface area contributed by atoms with Crippen molar-refractivity contribution in [1.82, 2.24) is 20.0 Å². The van der Waals surface area contributed by atoms with Crippen molar-refractivity contribution in [2.75, 3.05) is 72.2 Å². The molecule has 0 bridgehead atoms. The molecule has 1 aromatic rings. The van der Waals surface area contributed by atoms with Crippen LogP contribution in [0.15, 0.2) is 6.07 Å². The summed E-state index contributed by atoms with van der Waals surface area (Å²) in [5, 5.41) is 7.89. The van der Waals surface area contributed by atoms with Gasteiger partial charge >= 0.3 is 0 Å². The molecule has 4 nitrogen and oxygen atoms in total. The van der Waals surface area contributed by atoms with Crippen LogP contribution in [0.4, 0.5) is 0 Å². The molecule has 0 atom stereocenters. The van der Waals surface area contributed by atoms with Gasteiger partial charge in [-0.05, 0) is 6.07 Å². The van der Waals surface area contributed by atoms with Gasteiger partial charge in [-0.25, -0.2) is 0 Å². The first-order valence-electron chi connectivity index (χ1n) is 9.19. The summed E-state index contributed by atoms with van der Waals surface area (Å²) in [5.41, 5.74) is 2.48. The third-order valence-corrected chi connectivity index (χ3v) is 8.79. The minimum absolute atomic E-state index is 0.989. The zero-order valence-electron chi connectivity index (χ0n) is 15.0. The Hall–Kier alpha value is 0.530. The van der Waals surface area contributed by atoms with Crippen LogP contribution in [0.1, 0.15) is 11.4 Å². The van der Waals surface area contributed by atoms with Crippen LogP contribution in [0.5, 0.6) is 0 Å². The van der Waals surface area contributed by atoms with E-state index in [0.29, 0.717) is 0 Å². The summed E-state index contributed by atoms with van der Waals surface area (Å²) in [4.78, 5) is 5.15. The van der Waals surface area contributed by atoms with Gasteiger partial charge < -0.3 is 0 Å². The molecule has 25 heavy (non-hydrogen) atoms. The molecular weight excluding hydrogens is 388 g/mol. The molecule has 2 aliphatic rings. The smallest absolute Gasteiger partial charge is 0.0765 e. The molecule has 2 fully saturated rings. The largest absolute Gasteiger partial charge is 0.296 e. The van der Waals surface area contributed by atoms with Crippen LogP contribution in [0.2, 0.25) is 0 Å². The topological polar surface area (TPSA) is 35.2 Å². The summed E-state index contributed by atoms with van der Waals surface area (Å²) in [6, 6.07) is 2.29. The highest BCUT2D eigenvalue weighted by molar-refractivity contribution is 8.03. The second-order valence-electron chi connectivity index (χ2n) is 6.39. The molecule has 1 aromatic heterocycles. The molecule has 0 saturated carbocycles. The van der Waals surface area contributed by atoms with Crippen LogP contribution in [-0.2, 0) is 13.1 Å². The Kier molecular flexibility index (Phi) is 9.79. The van der Waals surface area contributed by atoms with Crippen molar-refractivity contribution in [1.29, 1.82) is 0 Å². The Morgan fingerprint density at radius 1 is 0.720 bits per heavy atom. The van der Waals surface area contributed by atoms with Gasteiger partial charge in [0.1, 0.15) is 0 Å². The molecule has 0 unspecified atom stereocenters. The SMILES string of the molecule is c1c(CN2CCSCCSCC2)n[nH]c1CN1CCSCCSCC1. The van der Waals surface area contributed by atoms with Crippen LogP contribution in [-0.4, -0.2) is 92.2 Å². The summed E-state index contributed by atoms with van der Waals surface area (Å²) >= 11 is 8.36. The number of nitrogens with one attached hydrogen (secondary N) is 1. The monoisotopic (exact) mass is 418 g/mol. The maximum absolute atomic E-state index is 4.60. The number of thioether (sulfide) groups is 4. The molecule has 3 rings (SSSR count). The molecule has 0 aliphatic carbocycles. The van der Waals surface area contributed by atoms with Crippen molar-refractivity contribution in [2.24, 2.45) is 0 Å². The van der Waals surface area contributed by atoms with Crippen LogP contribution in [0.25, 0.3) is 0 Å². The minimum Gasteiger partial charge on any atom is -0.296 e. The molecule has 2 aliphatic heterocycles. The highest BCUT2D eigenvalue weighted by Gasteiger charge is 2.13. The lowest BCUT2D eigenvalue weighted by Crippen LogP contribution is -2.28. The minimum atomic E-state index is 0.989. The van der Waals surface area contributed by atoms with Crippen molar-refractivity contribution < 1.29 is 0 Å². The number of nitrogens with zero attached hydrogens (tertiary/aromatic N) is 3. The summed E-state index contributed by atoms with van der Waals surface area (Å²) in [7, 11) is 0. The van der Waals surface area contributed by atoms with Crippen molar-refractivity contribution in [2.45, 2.75) is 13.1 Å². The second kappa shape index (κ2) is 12.1. The number of hydrogen-bond donors (Lipinski definition) is 1. The van der Waals surface area contributed by atoms with Gasteiger partial charge in [0.25, 0.3) is 0 Å². The molecule has 142 valence electrons. The molecule has 0 amide bonds. The number of rotatable bonds is 4. The third kappa shape index (κ3) is 7.97. The van der Waals surface area contributed by atoms with E-state index in [0.717, 1.165) is 13.1 Å². The maximum Gasteiger partial charge on any atom is 0.0765 e. The van der Waals surface area contributed by atoms with Crippen molar-refractivity contribution >= 4 is 47.0 Å². The first kappa shape index (κ1) is 20.3. The average Bonchev–Trinajstić information content (AvgIpc) is 3.12. The predicted octanol–water partition coefficient (Wildman–Crippen LogP) is 2.97. The fourth-order valence-electron chi connectivity index (χ4n) is 3.00. The molecule has 8 heteroatoms. The average molecular weight is 419 g/mol. The van der Waals surface area contributed by atoms with Gasteiger partial charge in [0.05, 0.1) is 5.69 Å². The van der Waals surface area contributed by atoms with Gasteiger partial charge in [0.15, 0.2) is 0 Å². The molecular formula is C17H30N4S4. The summed E-state index contributed by atoms with van der Waals surface area (Å²) in [6.45, 7) is 6.77. The van der Waals surface area contributed by atoms with Gasteiger partial charge in [-0.15, -0.1) is 0 Å². The Morgan fingerprint density at radius 3 is 1.72 bits per heavy atom. The van der Waals surface area contributed by atoms with Gasteiger partial charge in [-0.3, -0.25) is 14.9 Å². The van der Waals surface area contributed by atoms with E-state index in [2.05, 4.69) is 73.1 Å². The molecule has 1 N–H and O–H groups in total. The molecule has 0 spiro atoms. The molecule has 0 aromatic carbocycles. The maximum atomic E-state index is 4.60. The van der Waals surface area contributed by atoms with Crippen molar-refractivity contribution in [3.05, 3.63) is 17.5 Å². The Labute approximate surface area is 169 Å². The zero-order chi connectivity index (χ0) is 17.2. The highest BCUT2D eigenvalue weighted by Crippen LogP contribution is 2.15. The summed E-state index contributed by atoms with van der Waals surface area (Å²) in [6.07, 6.45) is 0. The standard InChI is InChI=1S/C17H30N4S4/c1-5-22-9-10-23-6-2-20(1)14-16-13-17(19-18-16)15-21-3-7-24-11-12-25-8-4-21/h13H,1-12,14-15H2,(H,18,19). The van der Waals surface area contributed by atoms with Crippen LogP contribution < -0.4 is 0 Å². The fraction of sp³-hybridized carbons (Fsp3) is 0.824. The summed E-state index contributed by atoms with van der Waals surface area (Å²) in [5.74, 6) is 10.2. The van der Waals surface area contributed by atoms with Crippen molar-refractivity contribution in [3.8, 4) is 0 Å². The Balaban J connectivity index is 1.48. The molecule has 2 saturated heterocycles. The second-order valence-corrected chi connectivity index (χ2v) is 11.3. The lowest BCUT2D eigenvalue weighted by molar-refractivity contribution is 0.296. The predicted molar refractivity (Wildman–Crippen MR) is 118 cm³/mol. The number of aromatic amines is 1. The van der Waals surface area contributed by atoms with E-state index < -0.39 is 0 Å². The fourth-order valence-corrected chi connectivity index (χ4v) is 7.25. The quantitative estimate of drug-likeness (QED) is 0.805. The normalized spacial score (nSPS) is 23.0. The Bertz CT molecular complexity index is 424. The van der Waals surface area contributed by atoms with Gasteiger partial charge in [-0.1, -0.05) is 0 Å². The van der Waals surface area contributed by atoms with E-state index >= 15 is 0 Å². The first-order chi connectivity index (χ1) is 12.4. The van der Waals surface area contributed by atoms with Crippen LogP contribution >= 0.6 is 47.0 Å². The van der Waals surface area contributed by atoms with Gasteiger partial charge in [0, 0.05) is 91.0 Å². The van der Waals surface area contributed by atoms with Gasteiger partial charge in [0.2, 0.25) is 0 Å². The highest BCUT2D eigenvalue weighted by atomic mass is 32.2. The molecule has 3 heterocycles. The van der Waals surface area contributed by atoms with E-state index in [1.54, 1.807) is 0 Å². The lowest BCUT2D eigenvalue weighted by Gasteiger charge is -2.20. The zero-order valence-corrected chi connectivity index (χ0v) is 18.2. The van der Waals surface area contributed by atoms with E-state index in [9.17, 15) is 0 Å². The van der Waals surface area contributed by atoms with Crippen molar-refractivity contribution in [3.63, 3.8) is 0 Å². The Morgan fingerprint density at radius 2 is 1.20 bits per heavy atom. The first-order valence-corrected chi connectivity index (χ1v) is 13.8. The number of aromatic nitrogens is 2. The van der Waals surface area contributed by atoms with E-state index in [4.69, 9.17) is 0 Å². The molecule has 0 radical (unpaired) electrons. The number of H-pyrrole nitrogens is 1. The summed E-state index contributed by atoms with van der Waals surface area (Å²) < 4.78 is 0. The van der Waals surface area contributed by atoms with Gasteiger partial charge in [-0.2, -0.15) is 52.1 Å². The van der Waals surface area contributed by atoms with E-state index in [-0.39, 0.29) is 0 Å².